The number of hydrogen-bond donors (Lipinski definition) is 1. The maximum Gasteiger partial charge on any atom is 1.00 e. The normalized spacial score (nSPS) is 16.1. The standard InChI is InChI=1S/C20H12F6O4.Na.H/c21-19(22,23)17-15(18(27)28)10-13-9-14(30-20(24,25)26)8-12(16(13)29-17)7-6-11-4-2-1-3-5-11;;/h1-10,17H,(H,27,28);;/q;+1;-1. The zero-order chi connectivity index (χ0) is 22.1. The molecule has 0 radical (unpaired) electrons. The van der Waals surface area contributed by atoms with Gasteiger partial charge >= 0.3 is 48.1 Å². The van der Waals surface area contributed by atoms with Crippen molar-refractivity contribution in [2.24, 2.45) is 0 Å². The first-order valence-electron chi connectivity index (χ1n) is 8.29. The van der Waals surface area contributed by atoms with Crippen molar-refractivity contribution in [3.63, 3.8) is 0 Å². The first-order chi connectivity index (χ1) is 13.9. The molecule has 0 fully saturated rings. The first-order valence-corrected chi connectivity index (χ1v) is 8.29. The van der Waals surface area contributed by atoms with E-state index in [0.717, 1.165) is 12.1 Å². The van der Waals surface area contributed by atoms with E-state index in [-0.39, 0.29) is 42.1 Å². The minimum Gasteiger partial charge on any atom is -1.00 e. The third kappa shape index (κ3) is 6.28. The Labute approximate surface area is 195 Å². The van der Waals surface area contributed by atoms with Crippen molar-refractivity contribution in [2.75, 3.05) is 0 Å². The van der Waals surface area contributed by atoms with Crippen LogP contribution in [-0.2, 0) is 4.79 Å². The topological polar surface area (TPSA) is 55.8 Å². The average molecular weight is 454 g/mol. The van der Waals surface area contributed by atoms with Crippen LogP contribution >= 0.6 is 0 Å². The number of rotatable bonds is 4. The molecule has 1 unspecified atom stereocenters. The summed E-state index contributed by atoms with van der Waals surface area (Å²) in [6.45, 7) is 0. The summed E-state index contributed by atoms with van der Waals surface area (Å²) < 4.78 is 86.7. The van der Waals surface area contributed by atoms with Crippen LogP contribution in [0.15, 0.2) is 48.0 Å². The summed E-state index contributed by atoms with van der Waals surface area (Å²) >= 11 is 0. The molecule has 160 valence electrons. The van der Waals surface area contributed by atoms with E-state index in [1.807, 2.05) is 0 Å². The fourth-order valence-electron chi connectivity index (χ4n) is 2.80. The van der Waals surface area contributed by atoms with Crippen molar-refractivity contribution in [1.29, 1.82) is 0 Å². The van der Waals surface area contributed by atoms with Crippen molar-refractivity contribution in [2.45, 2.75) is 18.6 Å². The SMILES string of the molecule is O=C(O)C1=Cc2cc(OC(F)(F)F)cc(C=Cc3ccccc3)c2OC1C(F)(F)F.[H-].[Na+]. The van der Waals surface area contributed by atoms with Crippen molar-refractivity contribution < 1.29 is 76.7 Å². The zero-order valence-electron chi connectivity index (χ0n) is 16.8. The van der Waals surface area contributed by atoms with E-state index >= 15 is 0 Å². The molecule has 1 aliphatic heterocycles. The molecule has 1 aliphatic rings. The van der Waals surface area contributed by atoms with Crippen LogP contribution in [0.2, 0.25) is 0 Å². The smallest absolute Gasteiger partial charge is 1.00 e. The van der Waals surface area contributed by atoms with Gasteiger partial charge in [-0.2, -0.15) is 13.2 Å². The molecule has 3 rings (SSSR count). The predicted molar refractivity (Wildman–Crippen MR) is 95.7 cm³/mol. The van der Waals surface area contributed by atoms with E-state index in [1.54, 1.807) is 30.3 Å². The molecule has 0 aromatic heterocycles. The number of carboxylic acid groups (broad SMARTS) is 1. The Bertz CT molecular complexity index is 1020. The molecule has 11 heteroatoms. The van der Waals surface area contributed by atoms with Crippen LogP contribution in [0.3, 0.4) is 0 Å². The first kappa shape index (κ1) is 24.8. The van der Waals surface area contributed by atoms with Crippen molar-refractivity contribution in [1.82, 2.24) is 0 Å². The van der Waals surface area contributed by atoms with E-state index in [0.29, 0.717) is 11.6 Å². The van der Waals surface area contributed by atoms with Gasteiger partial charge in [-0.25, -0.2) is 4.79 Å². The third-order valence-corrected chi connectivity index (χ3v) is 3.98. The number of fused-ring (bicyclic) bond motifs is 1. The van der Waals surface area contributed by atoms with Gasteiger partial charge in [-0.15, -0.1) is 13.2 Å². The fraction of sp³-hybridized carbons (Fsp3) is 0.150. The summed E-state index contributed by atoms with van der Waals surface area (Å²) in [6, 6.07) is 10.1. The van der Waals surface area contributed by atoms with E-state index in [2.05, 4.69) is 4.74 Å². The Balaban J connectivity index is 0.00000256. The second kappa shape index (κ2) is 9.37. The molecule has 1 atom stereocenters. The van der Waals surface area contributed by atoms with Crippen LogP contribution in [0, 0.1) is 0 Å². The number of hydrogen-bond acceptors (Lipinski definition) is 3. The number of halogens is 6. The van der Waals surface area contributed by atoms with Gasteiger partial charge in [0.1, 0.15) is 11.5 Å². The van der Waals surface area contributed by atoms with Gasteiger partial charge in [0.2, 0.25) is 6.10 Å². The van der Waals surface area contributed by atoms with Gasteiger partial charge in [-0.3, -0.25) is 0 Å². The summed E-state index contributed by atoms with van der Waals surface area (Å²) in [5.74, 6) is -3.06. The van der Waals surface area contributed by atoms with Gasteiger partial charge < -0.3 is 16.0 Å². The molecular weight excluding hydrogens is 441 g/mol. The Kier molecular flexibility index (Phi) is 7.51. The largest absolute Gasteiger partial charge is 1.00 e. The molecule has 0 saturated heterocycles. The summed E-state index contributed by atoms with van der Waals surface area (Å²) in [7, 11) is 0. The van der Waals surface area contributed by atoms with Gasteiger partial charge in [0, 0.05) is 11.1 Å². The van der Waals surface area contributed by atoms with E-state index in [1.165, 1.54) is 12.2 Å². The van der Waals surface area contributed by atoms with Gasteiger partial charge in [0.05, 0.1) is 5.57 Å². The van der Waals surface area contributed by atoms with Crippen LogP contribution in [0.25, 0.3) is 18.2 Å². The molecule has 0 bridgehead atoms. The number of alkyl halides is 6. The molecule has 2 aromatic rings. The number of benzene rings is 2. The van der Waals surface area contributed by atoms with Crippen LogP contribution in [-0.4, -0.2) is 29.7 Å². The predicted octanol–water partition coefficient (Wildman–Crippen LogP) is 2.66. The summed E-state index contributed by atoms with van der Waals surface area (Å²) in [5.41, 5.74) is -0.969. The Morgan fingerprint density at radius 2 is 1.71 bits per heavy atom. The van der Waals surface area contributed by atoms with Gasteiger partial charge in [-0.1, -0.05) is 42.5 Å². The molecule has 2 aromatic carbocycles. The molecule has 31 heavy (non-hydrogen) atoms. The van der Waals surface area contributed by atoms with Crippen LogP contribution in [0.1, 0.15) is 18.1 Å². The van der Waals surface area contributed by atoms with Gasteiger partial charge in [0.15, 0.2) is 0 Å². The summed E-state index contributed by atoms with van der Waals surface area (Å²) in [5, 5.41) is 9.10. The van der Waals surface area contributed by atoms with Gasteiger partial charge in [-0.05, 0) is 23.8 Å². The Morgan fingerprint density at radius 1 is 1.06 bits per heavy atom. The van der Waals surface area contributed by atoms with E-state index < -0.39 is 41.7 Å². The van der Waals surface area contributed by atoms with Crippen molar-refractivity contribution in [3.8, 4) is 11.5 Å². The number of aliphatic carboxylic acids is 1. The quantitative estimate of drug-likeness (QED) is 0.439. The molecule has 0 saturated carbocycles. The van der Waals surface area contributed by atoms with Crippen LogP contribution < -0.4 is 39.0 Å². The molecule has 0 spiro atoms. The average Bonchev–Trinajstić information content (AvgIpc) is 2.63. The van der Waals surface area contributed by atoms with E-state index in [9.17, 15) is 31.1 Å². The summed E-state index contributed by atoms with van der Waals surface area (Å²) in [4.78, 5) is 11.3. The third-order valence-electron chi connectivity index (χ3n) is 3.98. The maximum absolute atomic E-state index is 13.3. The molecule has 0 aliphatic carbocycles. The maximum atomic E-state index is 13.3. The minimum absolute atomic E-state index is 0. The molecule has 1 heterocycles. The number of ether oxygens (including phenoxy) is 2. The van der Waals surface area contributed by atoms with Crippen LogP contribution in [0.4, 0.5) is 26.3 Å². The fourth-order valence-corrected chi connectivity index (χ4v) is 2.80. The zero-order valence-corrected chi connectivity index (χ0v) is 17.8. The number of carbonyl (C=O) groups is 1. The van der Waals surface area contributed by atoms with Crippen molar-refractivity contribution in [3.05, 3.63) is 64.7 Å². The van der Waals surface area contributed by atoms with Gasteiger partial charge in [0.25, 0.3) is 0 Å². The Hall–Kier alpha value is -2.43. The second-order valence-corrected chi connectivity index (χ2v) is 6.17. The monoisotopic (exact) mass is 454 g/mol. The summed E-state index contributed by atoms with van der Waals surface area (Å²) in [6.07, 6.45) is -9.55. The molecular formula is C20H13F6NaO4. The number of carboxylic acids is 1. The molecule has 4 nitrogen and oxygen atoms in total. The second-order valence-electron chi connectivity index (χ2n) is 6.17. The minimum atomic E-state index is -5.06. The molecule has 0 amide bonds. The van der Waals surface area contributed by atoms with Crippen LogP contribution in [0.5, 0.6) is 11.5 Å². The Morgan fingerprint density at radius 3 is 2.26 bits per heavy atom. The van der Waals surface area contributed by atoms with E-state index in [4.69, 9.17) is 9.84 Å². The van der Waals surface area contributed by atoms with Crippen molar-refractivity contribution >= 4 is 24.2 Å². The molecule has 1 N–H and O–H groups in total.